The summed E-state index contributed by atoms with van der Waals surface area (Å²) < 4.78 is 1.35. The van der Waals surface area contributed by atoms with Gasteiger partial charge in [-0.3, -0.25) is 9.59 Å². The summed E-state index contributed by atoms with van der Waals surface area (Å²) in [5, 5.41) is 0.540. The minimum Gasteiger partial charge on any atom is -0.399 e. The van der Waals surface area contributed by atoms with Gasteiger partial charge in [-0.05, 0) is 35.4 Å². The topological polar surface area (TPSA) is 80.9 Å². The fourth-order valence-electron chi connectivity index (χ4n) is 2.41. The van der Waals surface area contributed by atoms with Crippen LogP contribution >= 0.6 is 0 Å². The first-order valence-corrected chi connectivity index (χ1v) is 7.48. The van der Waals surface area contributed by atoms with Crippen molar-refractivity contribution in [3.05, 3.63) is 97.1 Å². The average Bonchev–Trinajstić information content (AvgIpc) is 2.59. The van der Waals surface area contributed by atoms with E-state index in [9.17, 15) is 9.59 Å². The molecule has 0 aliphatic carbocycles. The molecule has 1 aromatic heterocycles. The summed E-state index contributed by atoms with van der Waals surface area (Å²) in [5.74, 6) is 0. The summed E-state index contributed by atoms with van der Waals surface area (Å²) in [6.45, 7) is 0. The van der Waals surface area contributed by atoms with E-state index in [2.05, 4.69) is 4.98 Å². The number of nitrogens with two attached hydrogens (primary N) is 1. The van der Waals surface area contributed by atoms with Gasteiger partial charge < -0.3 is 15.3 Å². The Bertz CT molecular complexity index is 1090. The monoisotopic (exact) mass is 319 g/mol. The third kappa shape index (κ3) is 3.20. The van der Waals surface area contributed by atoms with Crippen LogP contribution in [-0.4, -0.2) is 9.55 Å². The number of anilines is 1. The van der Waals surface area contributed by atoms with E-state index in [1.165, 1.54) is 4.57 Å². The molecular weight excluding hydrogens is 302 g/mol. The van der Waals surface area contributed by atoms with E-state index in [4.69, 9.17) is 5.73 Å². The zero-order valence-electron chi connectivity index (χ0n) is 13.2. The molecule has 0 bridgehead atoms. The highest BCUT2D eigenvalue weighted by atomic mass is 16.1. The molecule has 3 N–H and O–H groups in total. The zero-order valence-corrected chi connectivity index (χ0v) is 13.2. The van der Waals surface area contributed by atoms with Crippen LogP contribution in [0.15, 0.2) is 64.2 Å². The van der Waals surface area contributed by atoms with Gasteiger partial charge in [0.25, 0.3) is 11.1 Å². The fourth-order valence-corrected chi connectivity index (χ4v) is 2.41. The first-order valence-electron chi connectivity index (χ1n) is 7.48. The molecule has 0 spiro atoms. The molecule has 0 amide bonds. The predicted octanol–water partition coefficient (Wildman–Crippen LogP) is 0.313. The van der Waals surface area contributed by atoms with Gasteiger partial charge in [-0.15, -0.1) is 0 Å². The van der Waals surface area contributed by atoms with Crippen LogP contribution in [0, 0.1) is 0 Å². The lowest BCUT2D eigenvalue weighted by Gasteiger charge is -2.00. The van der Waals surface area contributed by atoms with Gasteiger partial charge in [-0.1, -0.05) is 42.5 Å². The van der Waals surface area contributed by atoms with Gasteiger partial charge >= 0.3 is 0 Å². The normalized spacial score (nSPS) is 12.5. The van der Waals surface area contributed by atoms with Gasteiger partial charge in [-0.25, -0.2) is 0 Å². The maximum Gasteiger partial charge on any atom is 0.274 e. The van der Waals surface area contributed by atoms with Crippen molar-refractivity contribution in [2.75, 3.05) is 5.73 Å². The number of hydrogen-bond acceptors (Lipinski definition) is 3. The van der Waals surface area contributed by atoms with Crippen LogP contribution in [0.1, 0.15) is 11.1 Å². The van der Waals surface area contributed by atoms with E-state index in [1.54, 1.807) is 43.5 Å². The van der Waals surface area contributed by atoms with Crippen molar-refractivity contribution >= 4 is 17.8 Å². The lowest BCUT2D eigenvalue weighted by atomic mass is 10.2. The van der Waals surface area contributed by atoms with Crippen molar-refractivity contribution in [3.63, 3.8) is 0 Å². The van der Waals surface area contributed by atoms with E-state index in [-0.39, 0.29) is 21.8 Å². The van der Waals surface area contributed by atoms with Crippen molar-refractivity contribution in [1.82, 2.24) is 9.55 Å². The van der Waals surface area contributed by atoms with Crippen molar-refractivity contribution in [2.24, 2.45) is 7.05 Å². The number of benzene rings is 2. The van der Waals surface area contributed by atoms with Crippen LogP contribution in [0.5, 0.6) is 0 Å². The van der Waals surface area contributed by atoms with Crippen molar-refractivity contribution < 1.29 is 0 Å². The minimum absolute atomic E-state index is 0.253. The summed E-state index contributed by atoms with van der Waals surface area (Å²) in [6, 6.07) is 16.5. The Morgan fingerprint density at radius 1 is 0.917 bits per heavy atom. The van der Waals surface area contributed by atoms with Crippen LogP contribution in [-0.2, 0) is 7.05 Å². The van der Waals surface area contributed by atoms with Crippen LogP contribution in [0.3, 0.4) is 0 Å². The van der Waals surface area contributed by atoms with Crippen LogP contribution in [0.2, 0.25) is 0 Å². The average molecular weight is 319 g/mol. The van der Waals surface area contributed by atoms with E-state index in [0.29, 0.717) is 5.69 Å². The van der Waals surface area contributed by atoms with Crippen LogP contribution in [0.25, 0.3) is 12.2 Å². The fraction of sp³-hybridized carbons (Fsp3) is 0.0526. The first-order chi connectivity index (χ1) is 11.5. The molecule has 0 radical (unpaired) electrons. The number of nitrogens with one attached hydrogen (secondary N) is 1. The molecule has 0 saturated heterocycles. The Kier molecular flexibility index (Phi) is 4.16. The summed E-state index contributed by atoms with van der Waals surface area (Å²) in [7, 11) is 1.59. The Morgan fingerprint density at radius 3 is 2.21 bits per heavy atom. The summed E-state index contributed by atoms with van der Waals surface area (Å²) in [4.78, 5) is 27.6. The molecule has 3 aromatic rings. The number of hydrogen-bond donors (Lipinski definition) is 2. The van der Waals surface area contributed by atoms with E-state index < -0.39 is 0 Å². The van der Waals surface area contributed by atoms with E-state index >= 15 is 0 Å². The van der Waals surface area contributed by atoms with Crippen LogP contribution < -0.4 is 27.6 Å². The third-order valence-corrected chi connectivity index (χ3v) is 3.73. The molecule has 0 fully saturated rings. The van der Waals surface area contributed by atoms with E-state index in [1.807, 2.05) is 30.3 Å². The Balaban J connectivity index is 2.20. The minimum atomic E-state index is -0.323. The van der Waals surface area contributed by atoms with Gasteiger partial charge in [0.05, 0.1) is 0 Å². The first kappa shape index (κ1) is 15.6. The molecule has 0 saturated carbocycles. The maximum absolute atomic E-state index is 12.5. The molecule has 0 atom stereocenters. The second kappa shape index (κ2) is 6.42. The molecule has 0 aliphatic rings. The number of H-pyrrole nitrogens is 1. The number of aromatic amines is 1. The summed E-state index contributed by atoms with van der Waals surface area (Å²) in [5.41, 5.74) is 7.35. The van der Waals surface area contributed by atoms with E-state index in [0.717, 1.165) is 11.1 Å². The standard InChI is InChI=1S/C19H17N3O2/c1-22-17(12-14-7-9-15(20)10-8-14)18(23)21-16(19(22)24)11-13-5-3-2-4-6-13/h2-12H,20H2,1H3,(H,21,23). The molecule has 2 aromatic carbocycles. The number of nitrogen functional groups attached to an aromatic ring is 1. The molecule has 0 unspecified atom stereocenters. The molecular formula is C19H17N3O2. The third-order valence-electron chi connectivity index (χ3n) is 3.73. The summed E-state index contributed by atoms with van der Waals surface area (Å²) >= 11 is 0. The molecule has 24 heavy (non-hydrogen) atoms. The van der Waals surface area contributed by atoms with Gasteiger partial charge in [-0.2, -0.15) is 0 Å². The Hall–Kier alpha value is -3.34. The quantitative estimate of drug-likeness (QED) is 0.667. The molecule has 5 nitrogen and oxygen atoms in total. The maximum atomic E-state index is 12.5. The number of aromatic nitrogens is 2. The van der Waals surface area contributed by atoms with Gasteiger partial charge in [0.15, 0.2) is 0 Å². The lowest BCUT2D eigenvalue weighted by molar-refractivity contribution is 0.776. The van der Waals surface area contributed by atoms with Crippen molar-refractivity contribution in [3.8, 4) is 0 Å². The summed E-state index contributed by atoms with van der Waals surface area (Å²) in [6.07, 6.45) is 3.32. The molecule has 3 rings (SSSR count). The zero-order chi connectivity index (χ0) is 17.1. The lowest BCUT2D eigenvalue weighted by Crippen LogP contribution is -2.52. The van der Waals surface area contributed by atoms with Gasteiger partial charge in [0.1, 0.15) is 10.7 Å². The highest BCUT2D eigenvalue weighted by molar-refractivity contribution is 5.53. The molecule has 0 aliphatic heterocycles. The Morgan fingerprint density at radius 2 is 1.54 bits per heavy atom. The SMILES string of the molecule is Cn1c(=O)c(=Cc2ccccc2)[nH]c(=O)c1=Cc1ccc(N)cc1. The predicted molar refractivity (Wildman–Crippen MR) is 96.0 cm³/mol. The second-order valence-corrected chi connectivity index (χ2v) is 5.48. The van der Waals surface area contributed by atoms with Crippen LogP contribution in [0.4, 0.5) is 5.69 Å². The highest BCUT2D eigenvalue weighted by Crippen LogP contribution is 2.05. The van der Waals surface area contributed by atoms with Crippen molar-refractivity contribution in [2.45, 2.75) is 0 Å². The Labute approximate surface area is 138 Å². The largest absolute Gasteiger partial charge is 0.399 e. The number of nitrogens with zero attached hydrogens (tertiary/aromatic N) is 1. The molecule has 1 heterocycles. The second-order valence-electron chi connectivity index (χ2n) is 5.48. The molecule has 5 heteroatoms. The number of rotatable bonds is 2. The smallest absolute Gasteiger partial charge is 0.274 e. The van der Waals surface area contributed by atoms with Crippen molar-refractivity contribution in [1.29, 1.82) is 0 Å². The highest BCUT2D eigenvalue weighted by Gasteiger charge is 2.01. The molecule has 120 valence electrons. The van der Waals surface area contributed by atoms with Gasteiger partial charge in [0.2, 0.25) is 0 Å². The van der Waals surface area contributed by atoms with Gasteiger partial charge in [0, 0.05) is 12.7 Å².